The van der Waals surface area contributed by atoms with Crippen LogP contribution in [0, 0.1) is 0 Å². The molecule has 0 spiro atoms. The topological polar surface area (TPSA) is 66.5 Å². The summed E-state index contributed by atoms with van der Waals surface area (Å²) in [6.45, 7) is 8.28. The van der Waals surface area contributed by atoms with Crippen LogP contribution in [0.15, 0.2) is 18.3 Å². The predicted octanol–water partition coefficient (Wildman–Crippen LogP) is 1.84. The fourth-order valence-corrected chi connectivity index (χ4v) is 2.39. The van der Waals surface area contributed by atoms with E-state index in [0.29, 0.717) is 12.4 Å². The summed E-state index contributed by atoms with van der Waals surface area (Å²) in [5.41, 5.74) is 1.05. The lowest BCUT2D eigenvalue weighted by atomic mass is 10.2. The number of pyridine rings is 1. The standard InChI is InChI=1S/C14H22N4O2/c1-4-15-14(19)17-13-7-12(5-6-16-13)18-8-10(2)20-11(3)9-18/h5-7,10-11H,4,8-9H2,1-3H3,(H2,15,16,17,19)/t10-,11-/m1/s1. The number of hydrogen-bond acceptors (Lipinski definition) is 4. The molecule has 1 aliphatic rings. The molecule has 0 aromatic carbocycles. The molecule has 2 heterocycles. The Kier molecular flexibility index (Phi) is 4.79. The molecule has 2 N–H and O–H groups in total. The lowest BCUT2D eigenvalue weighted by molar-refractivity contribution is -0.00522. The van der Waals surface area contributed by atoms with E-state index in [2.05, 4.69) is 34.4 Å². The van der Waals surface area contributed by atoms with Crippen LogP contribution in [0.2, 0.25) is 0 Å². The first-order valence-corrected chi connectivity index (χ1v) is 6.99. The predicted molar refractivity (Wildman–Crippen MR) is 79.2 cm³/mol. The number of ether oxygens (including phenoxy) is 1. The number of morpholine rings is 1. The second-order valence-electron chi connectivity index (χ2n) is 5.05. The highest BCUT2D eigenvalue weighted by Crippen LogP contribution is 2.21. The molecule has 2 amide bonds. The van der Waals surface area contributed by atoms with Gasteiger partial charge in [0.25, 0.3) is 0 Å². The van der Waals surface area contributed by atoms with Gasteiger partial charge in [-0.1, -0.05) is 0 Å². The molecule has 0 aliphatic carbocycles. The van der Waals surface area contributed by atoms with Crippen molar-refractivity contribution in [3.05, 3.63) is 18.3 Å². The van der Waals surface area contributed by atoms with Gasteiger partial charge in [0.2, 0.25) is 0 Å². The highest BCUT2D eigenvalue weighted by Gasteiger charge is 2.22. The van der Waals surface area contributed by atoms with Crippen molar-refractivity contribution >= 4 is 17.5 Å². The summed E-state index contributed by atoms with van der Waals surface area (Å²) < 4.78 is 5.73. The van der Waals surface area contributed by atoms with Crippen LogP contribution in [0.25, 0.3) is 0 Å². The zero-order chi connectivity index (χ0) is 14.5. The molecule has 0 radical (unpaired) electrons. The van der Waals surface area contributed by atoms with E-state index >= 15 is 0 Å². The molecule has 1 aliphatic heterocycles. The van der Waals surface area contributed by atoms with Crippen LogP contribution in [-0.4, -0.2) is 42.9 Å². The third-order valence-electron chi connectivity index (χ3n) is 3.11. The number of amides is 2. The molecule has 0 saturated carbocycles. The maximum absolute atomic E-state index is 11.5. The fourth-order valence-electron chi connectivity index (χ4n) is 2.39. The van der Waals surface area contributed by atoms with Crippen molar-refractivity contribution in [1.29, 1.82) is 0 Å². The van der Waals surface area contributed by atoms with Gasteiger partial charge in [0.1, 0.15) is 5.82 Å². The van der Waals surface area contributed by atoms with Crippen molar-refractivity contribution in [2.75, 3.05) is 29.9 Å². The van der Waals surface area contributed by atoms with Gasteiger partial charge in [0.05, 0.1) is 12.2 Å². The van der Waals surface area contributed by atoms with Crippen LogP contribution in [0.3, 0.4) is 0 Å². The van der Waals surface area contributed by atoms with Crippen molar-refractivity contribution < 1.29 is 9.53 Å². The lowest BCUT2D eigenvalue weighted by Gasteiger charge is -2.36. The van der Waals surface area contributed by atoms with Crippen LogP contribution >= 0.6 is 0 Å². The molecule has 20 heavy (non-hydrogen) atoms. The summed E-state index contributed by atoms with van der Waals surface area (Å²) in [6.07, 6.45) is 2.11. The first-order chi connectivity index (χ1) is 9.58. The third kappa shape index (κ3) is 3.84. The van der Waals surface area contributed by atoms with Crippen molar-refractivity contribution in [2.24, 2.45) is 0 Å². The van der Waals surface area contributed by atoms with Crippen LogP contribution in [0.5, 0.6) is 0 Å². The van der Waals surface area contributed by atoms with E-state index in [0.717, 1.165) is 18.8 Å². The molecule has 110 valence electrons. The number of nitrogens with zero attached hydrogens (tertiary/aromatic N) is 2. The molecule has 6 heteroatoms. The van der Waals surface area contributed by atoms with Crippen LogP contribution < -0.4 is 15.5 Å². The fraction of sp³-hybridized carbons (Fsp3) is 0.571. The normalized spacial score (nSPS) is 22.4. The Bertz CT molecular complexity index is 456. The minimum absolute atomic E-state index is 0.201. The Balaban J connectivity index is 2.07. The summed E-state index contributed by atoms with van der Waals surface area (Å²) in [4.78, 5) is 17.9. The Morgan fingerprint density at radius 1 is 1.45 bits per heavy atom. The van der Waals surface area contributed by atoms with Gasteiger partial charge >= 0.3 is 6.03 Å². The molecular weight excluding hydrogens is 256 g/mol. The molecule has 2 atom stereocenters. The number of nitrogens with one attached hydrogen (secondary N) is 2. The van der Waals surface area contributed by atoms with E-state index < -0.39 is 0 Å². The van der Waals surface area contributed by atoms with E-state index in [4.69, 9.17) is 4.74 Å². The van der Waals surface area contributed by atoms with Gasteiger partial charge in [-0.3, -0.25) is 5.32 Å². The highest BCUT2D eigenvalue weighted by molar-refractivity contribution is 5.88. The maximum atomic E-state index is 11.5. The number of carbonyl (C=O) groups is 1. The Morgan fingerprint density at radius 2 is 2.15 bits per heavy atom. The van der Waals surface area contributed by atoms with Crippen LogP contribution in [0.4, 0.5) is 16.3 Å². The zero-order valence-electron chi connectivity index (χ0n) is 12.2. The van der Waals surface area contributed by atoms with E-state index in [-0.39, 0.29) is 18.2 Å². The summed E-state index contributed by atoms with van der Waals surface area (Å²) >= 11 is 0. The number of aromatic nitrogens is 1. The lowest BCUT2D eigenvalue weighted by Crippen LogP contribution is -2.45. The average Bonchev–Trinajstić information content (AvgIpc) is 2.38. The first kappa shape index (κ1) is 14.6. The molecule has 1 saturated heterocycles. The number of carbonyl (C=O) groups excluding carboxylic acids is 1. The largest absolute Gasteiger partial charge is 0.372 e. The Hall–Kier alpha value is -1.82. The first-order valence-electron chi connectivity index (χ1n) is 6.99. The number of rotatable bonds is 3. The summed E-state index contributed by atoms with van der Waals surface area (Å²) in [5.74, 6) is 0.556. The van der Waals surface area contributed by atoms with Crippen molar-refractivity contribution in [2.45, 2.75) is 33.0 Å². The maximum Gasteiger partial charge on any atom is 0.320 e. The minimum atomic E-state index is -0.235. The number of anilines is 2. The van der Waals surface area contributed by atoms with Gasteiger partial charge in [0.15, 0.2) is 0 Å². The second kappa shape index (κ2) is 6.56. The Morgan fingerprint density at radius 3 is 2.80 bits per heavy atom. The molecular formula is C14H22N4O2. The van der Waals surface area contributed by atoms with Gasteiger partial charge in [-0.05, 0) is 26.8 Å². The van der Waals surface area contributed by atoms with Crippen molar-refractivity contribution in [3.63, 3.8) is 0 Å². The van der Waals surface area contributed by atoms with Gasteiger partial charge in [-0.25, -0.2) is 9.78 Å². The molecule has 1 fully saturated rings. The second-order valence-corrected chi connectivity index (χ2v) is 5.05. The summed E-state index contributed by atoms with van der Waals surface area (Å²) in [5, 5.41) is 5.41. The van der Waals surface area contributed by atoms with Gasteiger partial charge in [0, 0.05) is 37.6 Å². The van der Waals surface area contributed by atoms with E-state index in [1.54, 1.807) is 6.20 Å². The molecule has 0 unspecified atom stereocenters. The minimum Gasteiger partial charge on any atom is -0.372 e. The van der Waals surface area contributed by atoms with Gasteiger partial charge < -0.3 is 15.0 Å². The molecule has 6 nitrogen and oxygen atoms in total. The summed E-state index contributed by atoms with van der Waals surface area (Å²) in [6, 6.07) is 3.61. The van der Waals surface area contributed by atoms with Crippen molar-refractivity contribution in [3.8, 4) is 0 Å². The molecule has 1 aromatic heterocycles. The van der Waals surface area contributed by atoms with E-state index in [1.807, 2.05) is 19.1 Å². The molecule has 2 rings (SSSR count). The summed E-state index contributed by atoms with van der Waals surface area (Å²) in [7, 11) is 0. The SMILES string of the molecule is CCNC(=O)Nc1cc(N2C[C@@H](C)O[C@H](C)C2)ccn1. The quantitative estimate of drug-likeness (QED) is 0.885. The van der Waals surface area contributed by atoms with Crippen molar-refractivity contribution in [1.82, 2.24) is 10.3 Å². The van der Waals surface area contributed by atoms with Gasteiger partial charge in [-0.15, -0.1) is 0 Å². The number of urea groups is 1. The Labute approximate surface area is 119 Å². The molecule has 1 aromatic rings. The van der Waals surface area contributed by atoms with E-state index in [1.165, 1.54) is 0 Å². The average molecular weight is 278 g/mol. The smallest absolute Gasteiger partial charge is 0.320 e. The van der Waals surface area contributed by atoms with Crippen LogP contribution in [-0.2, 0) is 4.74 Å². The highest BCUT2D eigenvalue weighted by atomic mass is 16.5. The van der Waals surface area contributed by atoms with Crippen LogP contribution in [0.1, 0.15) is 20.8 Å². The van der Waals surface area contributed by atoms with E-state index in [9.17, 15) is 4.79 Å². The zero-order valence-corrected chi connectivity index (χ0v) is 12.2. The molecule has 0 bridgehead atoms. The van der Waals surface area contributed by atoms with Gasteiger partial charge in [-0.2, -0.15) is 0 Å². The monoisotopic (exact) mass is 278 g/mol. The third-order valence-corrected chi connectivity index (χ3v) is 3.11. The number of hydrogen-bond donors (Lipinski definition) is 2.